The first-order valence-electron chi connectivity index (χ1n) is 10.0. The van der Waals surface area contributed by atoms with Gasteiger partial charge in [0.25, 0.3) is 5.91 Å². The number of amides is 3. The molecule has 30 heavy (non-hydrogen) atoms. The second-order valence-corrected chi connectivity index (χ2v) is 8.27. The number of carbonyl (C=O) groups is 4. The van der Waals surface area contributed by atoms with Gasteiger partial charge in [-0.15, -0.1) is 0 Å². The van der Waals surface area contributed by atoms with Crippen molar-refractivity contribution in [1.82, 2.24) is 0 Å². The Balaban J connectivity index is 1.37. The third kappa shape index (κ3) is 2.81. The van der Waals surface area contributed by atoms with E-state index < -0.39 is 11.9 Å². The Kier molecular flexibility index (Phi) is 4.20. The van der Waals surface area contributed by atoms with E-state index in [4.69, 9.17) is 0 Å². The van der Waals surface area contributed by atoms with Gasteiger partial charge >= 0.3 is 0 Å². The molecule has 1 aliphatic heterocycles. The standard InChI is InChI=1S/C23H20N2O5/c26-20(24-16-8-6-12(7-9-16)23(29)30)15-2-1-3-17(11-15)25-21(27)18-13-4-5-14(10-13)19(18)22(25)28/h1-3,6-9,11,13-14,18-19H,4-5,10H2,(H,24,26)(H,29,30)/p-1/t13-,14+,18-,19-/m0/s1. The Morgan fingerprint density at radius 3 is 2.13 bits per heavy atom. The van der Waals surface area contributed by atoms with Crippen molar-refractivity contribution in [2.24, 2.45) is 23.7 Å². The topological polar surface area (TPSA) is 107 Å². The van der Waals surface area contributed by atoms with Gasteiger partial charge in [-0.05, 0) is 67.0 Å². The van der Waals surface area contributed by atoms with Gasteiger partial charge in [0.2, 0.25) is 11.8 Å². The summed E-state index contributed by atoms with van der Waals surface area (Å²) in [5.74, 6) is -1.82. The number of aromatic carboxylic acids is 1. The van der Waals surface area contributed by atoms with Crippen molar-refractivity contribution in [2.75, 3.05) is 10.2 Å². The summed E-state index contributed by atoms with van der Waals surface area (Å²) in [4.78, 5) is 50.7. The molecule has 2 aromatic carbocycles. The average molecular weight is 403 g/mol. The number of hydrogen-bond donors (Lipinski definition) is 1. The summed E-state index contributed by atoms with van der Waals surface area (Å²) in [5.41, 5.74) is 1.16. The largest absolute Gasteiger partial charge is 0.545 e. The van der Waals surface area contributed by atoms with Gasteiger partial charge in [0.05, 0.1) is 23.5 Å². The number of hydrogen-bond acceptors (Lipinski definition) is 5. The zero-order valence-corrected chi connectivity index (χ0v) is 16.0. The Bertz CT molecular complexity index is 1050. The van der Waals surface area contributed by atoms with Crippen molar-refractivity contribution in [3.05, 3.63) is 59.7 Å². The molecule has 1 heterocycles. The van der Waals surface area contributed by atoms with E-state index in [0.717, 1.165) is 19.3 Å². The Morgan fingerprint density at radius 1 is 0.900 bits per heavy atom. The van der Waals surface area contributed by atoms with Crippen LogP contribution < -0.4 is 15.3 Å². The number of carboxylic acids is 1. The van der Waals surface area contributed by atoms with Crippen LogP contribution in [0.5, 0.6) is 0 Å². The smallest absolute Gasteiger partial charge is 0.255 e. The Hall–Kier alpha value is -3.48. The summed E-state index contributed by atoms with van der Waals surface area (Å²) < 4.78 is 0. The summed E-state index contributed by atoms with van der Waals surface area (Å²) in [5, 5.41) is 13.5. The molecule has 3 fully saturated rings. The number of imide groups is 1. The van der Waals surface area contributed by atoms with Crippen LogP contribution in [-0.2, 0) is 9.59 Å². The maximum Gasteiger partial charge on any atom is 0.255 e. The minimum Gasteiger partial charge on any atom is -0.545 e. The van der Waals surface area contributed by atoms with Crippen LogP contribution in [0.1, 0.15) is 40.0 Å². The molecular weight excluding hydrogens is 384 g/mol. The molecular formula is C23H19N2O5-. The molecule has 152 valence electrons. The van der Waals surface area contributed by atoms with E-state index in [0.29, 0.717) is 28.8 Å². The normalized spacial score (nSPS) is 26.7. The van der Waals surface area contributed by atoms with Crippen molar-refractivity contribution >= 4 is 35.1 Å². The summed E-state index contributed by atoms with van der Waals surface area (Å²) in [6.07, 6.45) is 3.00. The molecule has 2 aromatic rings. The summed E-state index contributed by atoms with van der Waals surface area (Å²) in [7, 11) is 0. The van der Waals surface area contributed by atoms with Gasteiger partial charge in [0, 0.05) is 11.3 Å². The van der Waals surface area contributed by atoms with Gasteiger partial charge in [-0.2, -0.15) is 0 Å². The lowest BCUT2D eigenvalue weighted by molar-refractivity contribution is -0.255. The average Bonchev–Trinajstić information content (AvgIpc) is 3.42. The Morgan fingerprint density at radius 2 is 1.53 bits per heavy atom. The van der Waals surface area contributed by atoms with Gasteiger partial charge < -0.3 is 15.2 Å². The van der Waals surface area contributed by atoms with Crippen molar-refractivity contribution in [2.45, 2.75) is 19.3 Å². The SMILES string of the molecule is O=C([O-])c1ccc(NC(=O)c2cccc(N3C(=O)[C@H]4[C@@H]5CC[C@@H](C5)[C@@H]4C3=O)c2)cc1. The van der Waals surface area contributed by atoms with Crippen molar-refractivity contribution in [3.8, 4) is 0 Å². The van der Waals surface area contributed by atoms with Crippen LogP contribution >= 0.6 is 0 Å². The summed E-state index contributed by atoms with van der Waals surface area (Å²) >= 11 is 0. The number of nitrogens with zero attached hydrogens (tertiary/aromatic N) is 1. The molecule has 1 N–H and O–H groups in total. The van der Waals surface area contributed by atoms with E-state index in [-0.39, 0.29) is 29.2 Å². The summed E-state index contributed by atoms with van der Waals surface area (Å²) in [6.45, 7) is 0. The van der Waals surface area contributed by atoms with Gasteiger partial charge in [-0.3, -0.25) is 19.3 Å². The predicted molar refractivity (Wildman–Crippen MR) is 105 cm³/mol. The minimum absolute atomic E-state index is 0.0144. The molecule has 0 radical (unpaired) electrons. The molecule has 4 atom stereocenters. The van der Waals surface area contributed by atoms with Crippen molar-refractivity contribution in [1.29, 1.82) is 0 Å². The zero-order valence-electron chi connectivity index (χ0n) is 16.0. The van der Waals surface area contributed by atoms with Crippen LogP contribution in [0.2, 0.25) is 0 Å². The minimum atomic E-state index is -1.29. The fourth-order valence-corrected chi connectivity index (χ4v) is 5.34. The van der Waals surface area contributed by atoms with E-state index in [1.165, 1.54) is 29.2 Å². The maximum atomic E-state index is 13.0. The first-order chi connectivity index (χ1) is 14.4. The number of carboxylic acid groups (broad SMARTS) is 1. The van der Waals surface area contributed by atoms with E-state index in [1.54, 1.807) is 24.3 Å². The maximum absolute atomic E-state index is 13.0. The lowest BCUT2D eigenvalue weighted by Gasteiger charge is -2.19. The Labute approximate surface area is 172 Å². The van der Waals surface area contributed by atoms with Gasteiger partial charge in [-0.1, -0.05) is 18.2 Å². The van der Waals surface area contributed by atoms with Crippen LogP contribution in [-0.4, -0.2) is 23.7 Å². The third-order valence-corrected chi connectivity index (χ3v) is 6.67. The highest BCUT2D eigenvalue weighted by Gasteiger charge is 2.61. The lowest BCUT2D eigenvalue weighted by atomic mass is 9.81. The number of benzene rings is 2. The van der Waals surface area contributed by atoms with Crippen LogP contribution in [0.4, 0.5) is 11.4 Å². The monoisotopic (exact) mass is 403 g/mol. The molecule has 0 aromatic heterocycles. The van der Waals surface area contributed by atoms with Crippen LogP contribution in [0.3, 0.4) is 0 Å². The quantitative estimate of drug-likeness (QED) is 0.784. The number of nitrogens with one attached hydrogen (secondary N) is 1. The molecule has 2 aliphatic carbocycles. The van der Waals surface area contributed by atoms with Crippen molar-refractivity contribution < 1.29 is 24.3 Å². The van der Waals surface area contributed by atoms with E-state index in [1.807, 2.05) is 0 Å². The molecule has 1 saturated heterocycles. The molecule has 3 amide bonds. The molecule has 0 spiro atoms. The lowest BCUT2D eigenvalue weighted by Crippen LogP contribution is -2.33. The molecule has 3 aliphatic rings. The van der Waals surface area contributed by atoms with E-state index in [2.05, 4.69) is 5.32 Å². The van der Waals surface area contributed by atoms with E-state index >= 15 is 0 Å². The number of rotatable bonds is 4. The highest BCUT2D eigenvalue weighted by Crippen LogP contribution is 2.56. The van der Waals surface area contributed by atoms with Gasteiger partial charge in [-0.25, -0.2) is 0 Å². The highest BCUT2D eigenvalue weighted by atomic mass is 16.4. The molecule has 7 nitrogen and oxygen atoms in total. The first-order valence-corrected chi connectivity index (χ1v) is 10.0. The summed E-state index contributed by atoms with van der Waals surface area (Å²) in [6, 6.07) is 12.1. The van der Waals surface area contributed by atoms with Crippen LogP contribution in [0.15, 0.2) is 48.5 Å². The molecule has 2 saturated carbocycles. The van der Waals surface area contributed by atoms with Crippen LogP contribution in [0.25, 0.3) is 0 Å². The number of anilines is 2. The zero-order chi connectivity index (χ0) is 21.0. The highest BCUT2D eigenvalue weighted by molar-refractivity contribution is 6.23. The number of carbonyl (C=O) groups excluding carboxylic acids is 4. The number of fused-ring (bicyclic) bond motifs is 5. The van der Waals surface area contributed by atoms with Crippen molar-refractivity contribution in [3.63, 3.8) is 0 Å². The van der Waals surface area contributed by atoms with Crippen LogP contribution in [0, 0.1) is 23.7 Å². The van der Waals surface area contributed by atoms with Gasteiger partial charge in [0.1, 0.15) is 0 Å². The molecule has 2 bridgehead atoms. The fraction of sp³-hybridized carbons (Fsp3) is 0.304. The molecule has 7 heteroatoms. The van der Waals surface area contributed by atoms with Gasteiger partial charge in [0.15, 0.2) is 0 Å². The second kappa shape index (κ2) is 6.79. The third-order valence-electron chi connectivity index (χ3n) is 6.67. The first kappa shape index (κ1) is 18.5. The predicted octanol–water partition coefficient (Wildman–Crippen LogP) is 1.84. The second-order valence-electron chi connectivity index (χ2n) is 8.27. The fourth-order valence-electron chi connectivity index (χ4n) is 5.34. The molecule has 0 unspecified atom stereocenters. The van der Waals surface area contributed by atoms with E-state index in [9.17, 15) is 24.3 Å². The molecule has 5 rings (SSSR count).